The first-order valence-corrected chi connectivity index (χ1v) is 5.95. The first-order chi connectivity index (χ1) is 6.63. The summed E-state index contributed by atoms with van der Waals surface area (Å²) in [7, 11) is -3.80. The largest absolute Gasteiger partial charge is 0.395 e. The Bertz CT molecular complexity index is 285. The minimum absolute atomic E-state index is 0.302. The van der Waals surface area contributed by atoms with Gasteiger partial charge in [0.2, 0.25) is 10.0 Å². The second-order valence-electron chi connectivity index (χ2n) is 4.09. The van der Waals surface area contributed by atoms with E-state index in [-0.39, 0.29) is 6.54 Å². The van der Waals surface area contributed by atoms with Crippen LogP contribution in [0, 0.1) is 0 Å². The Morgan fingerprint density at radius 1 is 1.33 bits per heavy atom. The molecular formula is C8H17F2NO3S. The number of alkyl halides is 2. The van der Waals surface area contributed by atoms with E-state index < -0.39 is 34.3 Å². The molecular weight excluding hydrogens is 228 g/mol. The first kappa shape index (κ1) is 14.7. The van der Waals surface area contributed by atoms with Crippen LogP contribution in [0.2, 0.25) is 0 Å². The van der Waals surface area contributed by atoms with E-state index >= 15 is 0 Å². The monoisotopic (exact) mass is 245 g/mol. The summed E-state index contributed by atoms with van der Waals surface area (Å²) >= 11 is 0. The minimum atomic E-state index is -3.80. The fourth-order valence-electron chi connectivity index (χ4n) is 0.962. The summed E-state index contributed by atoms with van der Waals surface area (Å²) in [6.45, 7) is 2.64. The van der Waals surface area contributed by atoms with Gasteiger partial charge in [0.25, 0.3) is 6.43 Å². The summed E-state index contributed by atoms with van der Waals surface area (Å²) in [5.41, 5.74) is 0. The lowest BCUT2D eigenvalue weighted by Gasteiger charge is -2.29. The highest BCUT2D eigenvalue weighted by molar-refractivity contribution is 7.90. The molecule has 15 heavy (non-hydrogen) atoms. The smallest absolute Gasteiger partial charge is 0.252 e. The minimum Gasteiger partial charge on any atom is -0.395 e. The van der Waals surface area contributed by atoms with E-state index in [1.165, 1.54) is 20.8 Å². The van der Waals surface area contributed by atoms with E-state index in [4.69, 9.17) is 5.11 Å². The van der Waals surface area contributed by atoms with E-state index in [0.29, 0.717) is 4.31 Å². The average Bonchev–Trinajstić information content (AvgIpc) is 2.00. The van der Waals surface area contributed by atoms with Gasteiger partial charge in [-0.25, -0.2) is 17.2 Å². The topological polar surface area (TPSA) is 57.6 Å². The number of halogens is 2. The van der Waals surface area contributed by atoms with Crippen molar-refractivity contribution in [2.24, 2.45) is 0 Å². The van der Waals surface area contributed by atoms with E-state index in [9.17, 15) is 17.2 Å². The number of hydrogen-bond donors (Lipinski definition) is 1. The zero-order valence-electron chi connectivity index (χ0n) is 9.07. The number of sulfonamides is 1. The number of hydrogen-bond acceptors (Lipinski definition) is 3. The van der Waals surface area contributed by atoms with Gasteiger partial charge in [0.1, 0.15) is 0 Å². The molecule has 0 aliphatic heterocycles. The zero-order valence-corrected chi connectivity index (χ0v) is 9.89. The summed E-state index contributed by atoms with van der Waals surface area (Å²) in [6.07, 6.45) is -2.74. The lowest BCUT2D eigenvalue weighted by atomic mass is 10.3. The van der Waals surface area contributed by atoms with Crippen molar-refractivity contribution in [3.8, 4) is 0 Å². The second kappa shape index (κ2) is 5.18. The van der Waals surface area contributed by atoms with Crippen LogP contribution in [0.3, 0.4) is 0 Å². The third-order valence-corrected chi connectivity index (χ3v) is 4.36. The van der Waals surface area contributed by atoms with E-state index in [0.717, 1.165) is 0 Å². The molecule has 0 rings (SSSR count). The molecule has 0 unspecified atom stereocenters. The summed E-state index contributed by atoms with van der Waals surface area (Å²) in [5, 5.41) is 8.63. The molecule has 0 aliphatic rings. The van der Waals surface area contributed by atoms with Crippen LogP contribution in [-0.4, -0.2) is 48.7 Å². The van der Waals surface area contributed by atoms with Crippen molar-refractivity contribution in [1.29, 1.82) is 0 Å². The van der Waals surface area contributed by atoms with Crippen LogP contribution in [0.4, 0.5) is 8.78 Å². The van der Waals surface area contributed by atoms with Gasteiger partial charge >= 0.3 is 0 Å². The van der Waals surface area contributed by atoms with Gasteiger partial charge in [0, 0.05) is 6.54 Å². The zero-order chi connectivity index (χ0) is 12.3. The molecule has 0 heterocycles. The summed E-state index contributed by atoms with van der Waals surface area (Å²) in [5.74, 6) is 0. The van der Waals surface area contributed by atoms with E-state index in [1.54, 1.807) is 0 Å². The Morgan fingerprint density at radius 3 is 2.07 bits per heavy atom. The highest BCUT2D eigenvalue weighted by Crippen LogP contribution is 2.20. The van der Waals surface area contributed by atoms with Crippen LogP contribution in [0.15, 0.2) is 0 Å². The average molecular weight is 245 g/mol. The Kier molecular flexibility index (Phi) is 5.08. The fourth-order valence-corrected chi connectivity index (χ4v) is 2.37. The Balaban J connectivity index is 4.92. The fraction of sp³-hybridized carbons (Fsp3) is 1.00. The molecule has 0 radical (unpaired) electrons. The van der Waals surface area contributed by atoms with Crippen molar-refractivity contribution >= 4 is 10.0 Å². The maximum Gasteiger partial charge on any atom is 0.252 e. The van der Waals surface area contributed by atoms with Crippen LogP contribution in [0.25, 0.3) is 0 Å². The molecule has 4 nitrogen and oxygen atoms in total. The van der Waals surface area contributed by atoms with Gasteiger partial charge in [0.05, 0.1) is 17.9 Å². The van der Waals surface area contributed by atoms with Crippen molar-refractivity contribution < 1.29 is 22.3 Å². The van der Waals surface area contributed by atoms with Crippen molar-refractivity contribution in [3.63, 3.8) is 0 Å². The normalized spacial score (nSPS) is 13.9. The maximum absolute atomic E-state index is 12.1. The molecule has 0 aromatic heterocycles. The van der Waals surface area contributed by atoms with E-state index in [2.05, 4.69) is 0 Å². The lowest BCUT2D eigenvalue weighted by molar-refractivity contribution is 0.112. The molecule has 0 saturated carbocycles. The van der Waals surface area contributed by atoms with Crippen molar-refractivity contribution in [2.45, 2.75) is 31.9 Å². The van der Waals surface area contributed by atoms with Crippen LogP contribution < -0.4 is 0 Å². The molecule has 1 N–H and O–H groups in total. The van der Waals surface area contributed by atoms with Crippen molar-refractivity contribution in [2.75, 3.05) is 19.7 Å². The van der Waals surface area contributed by atoms with Gasteiger partial charge in [-0.2, -0.15) is 4.31 Å². The first-order valence-electron chi connectivity index (χ1n) is 4.51. The van der Waals surface area contributed by atoms with Crippen LogP contribution in [0.1, 0.15) is 20.8 Å². The molecule has 0 bridgehead atoms. The number of nitrogens with zero attached hydrogens (tertiary/aromatic N) is 1. The molecule has 0 fully saturated rings. The van der Waals surface area contributed by atoms with Gasteiger partial charge in [-0.05, 0) is 20.8 Å². The van der Waals surface area contributed by atoms with Crippen molar-refractivity contribution in [3.05, 3.63) is 0 Å². The lowest BCUT2D eigenvalue weighted by Crippen LogP contribution is -2.46. The predicted octanol–water partition coefficient (Wildman–Crippen LogP) is 0.674. The predicted molar refractivity (Wildman–Crippen MR) is 53.3 cm³/mol. The SMILES string of the molecule is CC(C)(C)S(=O)(=O)N(CCO)CC(F)F. The van der Waals surface area contributed by atoms with Gasteiger partial charge in [0.15, 0.2) is 0 Å². The third-order valence-electron chi connectivity index (χ3n) is 1.80. The van der Waals surface area contributed by atoms with E-state index in [1.807, 2.05) is 0 Å². The molecule has 92 valence electrons. The molecule has 0 amide bonds. The maximum atomic E-state index is 12.1. The standard InChI is InChI=1S/C8H17F2NO3S/c1-8(2,3)15(13,14)11(4-5-12)6-7(9)10/h7,12H,4-6H2,1-3H3. The Hall–Kier alpha value is -0.270. The third kappa shape index (κ3) is 4.00. The van der Waals surface area contributed by atoms with Crippen LogP contribution >= 0.6 is 0 Å². The molecule has 0 aliphatic carbocycles. The summed E-state index contributed by atoms with van der Waals surface area (Å²) in [6, 6.07) is 0. The Labute approximate surface area is 88.9 Å². The van der Waals surface area contributed by atoms with Gasteiger partial charge < -0.3 is 5.11 Å². The molecule has 0 atom stereocenters. The van der Waals surface area contributed by atoms with Crippen LogP contribution in [0.5, 0.6) is 0 Å². The molecule has 0 spiro atoms. The molecule has 7 heteroatoms. The number of aliphatic hydroxyl groups is 1. The second-order valence-corrected chi connectivity index (χ2v) is 6.78. The number of aliphatic hydroxyl groups excluding tert-OH is 1. The Morgan fingerprint density at radius 2 is 1.80 bits per heavy atom. The highest BCUT2D eigenvalue weighted by atomic mass is 32.2. The molecule has 0 aromatic carbocycles. The highest BCUT2D eigenvalue weighted by Gasteiger charge is 2.36. The molecule has 0 aromatic rings. The summed E-state index contributed by atoms with van der Waals surface area (Å²) in [4.78, 5) is 0. The van der Waals surface area contributed by atoms with Gasteiger partial charge in [-0.1, -0.05) is 0 Å². The van der Waals surface area contributed by atoms with Crippen molar-refractivity contribution in [1.82, 2.24) is 4.31 Å². The summed E-state index contributed by atoms with van der Waals surface area (Å²) < 4.78 is 47.3. The molecule has 0 saturated heterocycles. The van der Waals surface area contributed by atoms with Gasteiger partial charge in [-0.15, -0.1) is 0 Å². The quantitative estimate of drug-likeness (QED) is 0.774. The number of rotatable bonds is 5. The van der Waals surface area contributed by atoms with Gasteiger partial charge in [-0.3, -0.25) is 0 Å². The van der Waals surface area contributed by atoms with Crippen LogP contribution in [-0.2, 0) is 10.0 Å².